The Balaban J connectivity index is 1.68. The van der Waals surface area contributed by atoms with E-state index < -0.39 is 11.8 Å². The van der Waals surface area contributed by atoms with Crippen molar-refractivity contribution in [3.8, 4) is 11.8 Å². The lowest BCUT2D eigenvalue weighted by atomic mass is 10.2. The zero-order valence-electron chi connectivity index (χ0n) is 13.6. The number of benzene rings is 2. The van der Waals surface area contributed by atoms with Gasteiger partial charge in [0.05, 0.1) is 17.8 Å². The van der Waals surface area contributed by atoms with Crippen molar-refractivity contribution in [2.45, 2.75) is 6.61 Å². The minimum absolute atomic E-state index is 0.145. The summed E-state index contributed by atoms with van der Waals surface area (Å²) in [4.78, 5) is 23.6. The second-order valence-corrected chi connectivity index (χ2v) is 5.51. The van der Waals surface area contributed by atoms with Gasteiger partial charge in [-0.3, -0.25) is 5.32 Å². The first-order valence-corrected chi connectivity index (χ1v) is 7.86. The van der Waals surface area contributed by atoms with E-state index in [2.05, 4.69) is 10.4 Å². The first-order valence-electron chi connectivity index (χ1n) is 7.48. The Labute approximate surface area is 152 Å². The van der Waals surface area contributed by atoms with Crippen LogP contribution in [0.2, 0.25) is 5.02 Å². The SMILES string of the molecule is COc1nn(-c2ccc(NC(=O)OCc3ccccc3)cc2Cl)c(=O)o1. The number of halogens is 1. The lowest BCUT2D eigenvalue weighted by Gasteiger charge is -2.09. The Hall–Kier alpha value is -3.26. The molecule has 0 aliphatic carbocycles. The smallest absolute Gasteiger partial charge is 0.444 e. The number of anilines is 1. The largest absolute Gasteiger partial charge is 0.452 e. The Morgan fingerprint density at radius 2 is 2.04 bits per heavy atom. The van der Waals surface area contributed by atoms with Crippen molar-refractivity contribution in [3.05, 3.63) is 69.7 Å². The van der Waals surface area contributed by atoms with Crippen LogP contribution in [0.25, 0.3) is 5.69 Å². The van der Waals surface area contributed by atoms with Crippen molar-refractivity contribution >= 4 is 23.4 Å². The minimum atomic E-state index is -0.744. The fourth-order valence-corrected chi connectivity index (χ4v) is 2.39. The molecule has 1 aromatic heterocycles. The van der Waals surface area contributed by atoms with Gasteiger partial charge in [0.2, 0.25) is 0 Å². The fraction of sp³-hybridized carbons (Fsp3) is 0.118. The number of rotatable bonds is 5. The van der Waals surface area contributed by atoms with Gasteiger partial charge in [-0.1, -0.05) is 47.0 Å². The van der Waals surface area contributed by atoms with Crippen molar-refractivity contribution in [3.63, 3.8) is 0 Å². The molecule has 26 heavy (non-hydrogen) atoms. The topological polar surface area (TPSA) is 95.6 Å². The number of nitrogens with one attached hydrogen (secondary N) is 1. The van der Waals surface area contributed by atoms with Crippen LogP contribution in [0.15, 0.2) is 57.7 Å². The van der Waals surface area contributed by atoms with Gasteiger partial charge in [-0.05, 0) is 23.8 Å². The zero-order chi connectivity index (χ0) is 18.5. The molecule has 1 heterocycles. The summed E-state index contributed by atoms with van der Waals surface area (Å²) in [5.74, 6) is -0.744. The predicted molar refractivity (Wildman–Crippen MR) is 93.9 cm³/mol. The molecule has 0 unspecified atom stereocenters. The van der Waals surface area contributed by atoms with E-state index in [-0.39, 0.29) is 23.4 Å². The summed E-state index contributed by atoms with van der Waals surface area (Å²) in [7, 11) is 1.32. The standard InChI is InChI=1S/C17H14ClN3O5/c1-24-16-20-21(17(23)26-16)14-8-7-12(9-13(14)18)19-15(22)25-10-11-5-3-2-4-6-11/h2-9H,10H2,1H3,(H,19,22). The summed E-state index contributed by atoms with van der Waals surface area (Å²) in [5, 5.41) is 6.58. The van der Waals surface area contributed by atoms with Gasteiger partial charge in [0.25, 0.3) is 0 Å². The van der Waals surface area contributed by atoms with Crippen LogP contribution in [0.4, 0.5) is 10.5 Å². The molecule has 0 atom stereocenters. The van der Waals surface area contributed by atoms with Gasteiger partial charge in [-0.2, -0.15) is 4.68 Å². The number of carbonyl (C=O) groups is 1. The summed E-state index contributed by atoms with van der Waals surface area (Å²) in [6.07, 6.45) is -0.810. The maximum absolute atomic E-state index is 11.9. The van der Waals surface area contributed by atoms with Crippen molar-refractivity contribution in [2.75, 3.05) is 12.4 Å². The van der Waals surface area contributed by atoms with E-state index in [4.69, 9.17) is 25.5 Å². The maximum atomic E-state index is 11.9. The Kier molecular flexibility index (Phi) is 5.23. The molecule has 8 nitrogen and oxygen atoms in total. The third-order valence-electron chi connectivity index (χ3n) is 3.34. The molecular weight excluding hydrogens is 362 g/mol. The third-order valence-corrected chi connectivity index (χ3v) is 3.64. The van der Waals surface area contributed by atoms with Crippen molar-refractivity contribution in [1.29, 1.82) is 0 Å². The Morgan fingerprint density at radius 1 is 1.27 bits per heavy atom. The molecule has 0 saturated carbocycles. The number of aromatic nitrogens is 2. The van der Waals surface area contributed by atoms with Gasteiger partial charge >= 0.3 is 17.9 Å². The average molecular weight is 376 g/mol. The third kappa shape index (κ3) is 4.04. The molecule has 0 saturated heterocycles. The highest BCUT2D eigenvalue weighted by atomic mass is 35.5. The van der Waals surface area contributed by atoms with E-state index in [0.29, 0.717) is 5.69 Å². The molecule has 134 valence electrons. The van der Waals surface area contributed by atoms with Crippen molar-refractivity contribution in [2.24, 2.45) is 0 Å². The number of hydrogen-bond donors (Lipinski definition) is 1. The summed E-state index contributed by atoms with van der Waals surface area (Å²) >= 11 is 6.17. The summed E-state index contributed by atoms with van der Waals surface area (Å²) < 4.78 is 15.6. The normalized spacial score (nSPS) is 10.4. The van der Waals surface area contributed by atoms with Crippen LogP contribution >= 0.6 is 11.6 Å². The van der Waals surface area contributed by atoms with Crippen LogP contribution in [-0.2, 0) is 11.3 Å². The van der Waals surface area contributed by atoms with Crippen LogP contribution < -0.4 is 15.8 Å². The first kappa shape index (κ1) is 17.6. The minimum Gasteiger partial charge on any atom is -0.452 e. The lowest BCUT2D eigenvalue weighted by molar-refractivity contribution is 0.155. The monoisotopic (exact) mass is 375 g/mol. The molecule has 1 N–H and O–H groups in total. The number of methoxy groups -OCH3 is 1. The number of hydrogen-bond acceptors (Lipinski definition) is 6. The molecule has 2 aromatic carbocycles. The van der Waals surface area contributed by atoms with Gasteiger partial charge in [0, 0.05) is 5.69 Å². The zero-order valence-corrected chi connectivity index (χ0v) is 14.4. The summed E-state index contributed by atoms with van der Waals surface area (Å²) in [5.41, 5.74) is 1.56. The molecule has 0 aliphatic rings. The second kappa shape index (κ2) is 7.75. The highest BCUT2D eigenvalue weighted by molar-refractivity contribution is 6.32. The Morgan fingerprint density at radius 3 is 2.69 bits per heavy atom. The van der Waals surface area contributed by atoms with Gasteiger partial charge in [-0.15, -0.1) is 0 Å². The van der Waals surface area contributed by atoms with Gasteiger partial charge in [0.15, 0.2) is 0 Å². The molecule has 0 spiro atoms. The van der Waals surface area contributed by atoms with Crippen LogP contribution in [0.3, 0.4) is 0 Å². The molecule has 0 bridgehead atoms. The number of carbonyl (C=O) groups excluding carboxylic acids is 1. The second-order valence-electron chi connectivity index (χ2n) is 5.10. The molecule has 3 rings (SSSR count). The highest BCUT2D eigenvalue weighted by Crippen LogP contribution is 2.24. The molecular formula is C17H14ClN3O5. The van der Waals surface area contributed by atoms with Crippen LogP contribution in [0, 0.1) is 0 Å². The van der Waals surface area contributed by atoms with Crippen molar-refractivity contribution in [1.82, 2.24) is 9.78 Å². The van der Waals surface area contributed by atoms with E-state index in [1.807, 2.05) is 30.3 Å². The van der Waals surface area contributed by atoms with Crippen LogP contribution in [0.1, 0.15) is 5.56 Å². The van der Waals surface area contributed by atoms with Gasteiger partial charge in [0.1, 0.15) is 6.61 Å². The van der Waals surface area contributed by atoms with Gasteiger partial charge < -0.3 is 13.9 Å². The van der Waals surface area contributed by atoms with Gasteiger partial charge in [-0.25, -0.2) is 9.59 Å². The molecule has 0 radical (unpaired) electrons. The average Bonchev–Trinajstić information content (AvgIpc) is 3.02. The number of nitrogens with zero attached hydrogens (tertiary/aromatic N) is 2. The molecule has 0 aliphatic heterocycles. The fourth-order valence-electron chi connectivity index (χ4n) is 2.13. The Bertz CT molecular complexity index is 968. The van der Waals surface area contributed by atoms with Crippen molar-refractivity contribution < 1.29 is 18.7 Å². The first-order chi connectivity index (χ1) is 12.6. The summed E-state index contributed by atoms with van der Waals surface area (Å²) in [6.45, 7) is 0.145. The number of amides is 1. The lowest BCUT2D eigenvalue weighted by Crippen LogP contribution is -2.15. The van der Waals surface area contributed by atoms with Crippen LogP contribution in [-0.4, -0.2) is 23.0 Å². The van der Waals surface area contributed by atoms with E-state index >= 15 is 0 Å². The summed E-state index contributed by atoms with van der Waals surface area (Å²) in [6, 6.07) is 13.8. The molecule has 0 fully saturated rings. The molecule has 3 aromatic rings. The van der Waals surface area contributed by atoms with Crippen LogP contribution in [0.5, 0.6) is 6.08 Å². The highest BCUT2D eigenvalue weighted by Gasteiger charge is 2.14. The quantitative estimate of drug-likeness (QED) is 0.735. The van der Waals surface area contributed by atoms with E-state index in [0.717, 1.165) is 10.2 Å². The van der Waals surface area contributed by atoms with E-state index in [1.165, 1.54) is 19.2 Å². The van der Waals surface area contributed by atoms with E-state index in [9.17, 15) is 9.59 Å². The predicted octanol–water partition coefficient (Wildman–Crippen LogP) is 3.24. The number of ether oxygens (including phenoxy) is 2. The maximum Gasteiger partial charge on any atom is 0.444 e. The molecule has 9 heteroatoms. The van der Waals surface area contributed by atoms with E-state index in [1.54, 1.807) is 6.07 Å². The molecule has 1 amide bonds.